The van der Waals surface area contributed by atoms with Gasteiger partial charge < -0.3 is 20.9 Å². The van der Waals surface area contributed by atoms with Crippen LogP contribution in [0, 0.1) is 10.1 Å². The summed E-state index contributed by atoms with van der Waals surface area (Å²) >= 11 is 0. The second-order valence-corrected chi connectivity index (χ2v) is 7.81. The third-order valence-corrected chi connectivity index (χ3v) is 5.35. The lowest BCUT2D eigenvalue weighted by Crippen LogP contribution is -2.54. The Bertz CT molecular complexity index is 986. The molecule has 1 aliphatic carbocycles. The number of hydrogen-bond acceptors (Lipinski definition) is 7. The quantitative estimate of drug-likeness (QED) is 0.179. The van der Waals surface area contributed by atoms with Crippen LogP contribution < -0.4 is 16.4 Å². The molecule has 1 aromatic carbocycles. The van der Waals surface area contributed by atoms with Crippen LogP contribution in [0.2, 0.25) is 0 Å². The Balaban J connectivity index is 2.29. The number of carboxylic acid groups (broad SMARTS) is 1. The van der Waals surface area contributed by atoms with Gasteiger partial charge in [0.1, 0.15) is 0 Å². The summed E-state index contributed by atoms with van der Waals surface area (Å²) in [5, 5.41) is 25.5. The summed E-state index contributed by atoms with van der Waals surface area (Å²) < 4.78 is 6.07. The third kappa shape index (κ3) is 7.10. The Morgan fingerprint density at radius 1 is 1.26 bits per heavy atom. The van der Waals surface area contributed by atoms with Gasteiger partial charge in [-0.25, -0.2) is 9.79 Å². The van der Waals surface area contributed by atoms with E-state index in [0.717, 1.165) is 0 Å². The summed E-state index contributed by atoms with van der Waals surface area (Å²) in [4.78, 5) is 50.5. The average Bonchev–Trinajstić information content (AvgIpc) is 2.78. The second kappa shape index (κ2) is 11.9. The van der Waals surface area contributed by atoms with Gasteiger partial charge >= 0.3 is 5.97 Å². The molecule has 1 aliphatic rings. The highest BCUT2D eigenvalue weighted by atomic mass is 16.6. The van der Waals surface area contributed by atoms with Gasteiger partial charge in [-0.15, -0.1) is 0 Å². The van der Waals surface area contributed by atoms with Crippen LogP contribution in [0.3, 0.4) is 0 Å². The Labute approximate surface area is 196 Å². The molecule has 0 bridgehead atoms. The van der Waals surface area contributed by atoms with Crippen LogP contribution in [0.25, 0.3) is 0 Å². The molecule has 2 rings (SSSR count). The maximum Gasteiger partial charge on any atom is 0.331 e. The largest absolute Gasteiger partial charge is 0.478 e. The molecule has 34 heavy (non-hydrogen) atoms. The molecule has 12 nitrogen and oxygen atoms in total. The van der Waals surface area contributed by atoms with E-state index in [1.165, 1.54) is 37.3 Å². The fourth-order valence-electron chi connectivity index (χ4n) is 3.60. The summed E-state index contributed by atoms with van der Waals surface area (Å²) in [6.07, 6.45) is 1.89. The fraction of sp³-hybridized carbons (Fsp3) is 0.455. The van der Waals surface area contributed by atoms with E-state index in [0.29, 0.717) is 12.8 Å². The van der Waals surface area contributed by atoms with E-state index in [2.05, 4.69) is 15.6 Å². The number of carboxylic acids is 1. The number of hydrogen-bond donors (Lipinski definition) is 4. The SMILES string of the molecule is CCC(CC)O[C@@H]1C=C(C(=O)O)C[C@H](N=C(N)NC(=O)c2ccc([N+](=O)[O-])cc2)[C@H]1NC(C)=O. The number of benzene rings is 1. The van der Waals surface area contributed by atoms with Crippen LogP contribution in [0.15, 0.2) is 40.9 Å². The number of ether oxygens (including phenoxy) is 1. The Morgan fingerprint density at radius 2 is 1.88 bits per heavy atom. The summed E-state index contributed by atoms with van der Waals surface area (Å²) in [5.41, 5.74) is 5.93. The minimum Gasteiger partial charge on any atom is -0.478 e. The fourth-order valence-corrected chi connectivity index (χ4v) is 3.60. The lowest BCUT2D eigenvalue weighted by Gasteiger charge is -2.36. The molecule has 0 fully saturated rings. The zero-order valence-corrected chi connectivity index (χ0v) is 19.2. The van der Waals surface area contributed by atoms with E-state index in [4.69, 9.17) is 10.5 Å². The topological polar surface area (TPSA) is 186 Å². The van der Waals surface area contributed by atoms with Gasteiger partial charge in [-0.2, -0.15) is 0 Å². The summed E-state index contributed by atoms with van der Waals surface area (Å²) in [7, 11) is 0. The van der Waals surface area contributed by atoms with Gasteiger partial charge in [-0.3, -0.25) is 25.0 Å². The molecule has 0 unspecified atom stereocenters. The number of carbonyl (C=O) groups is 3. The van der Waals surface area contributed by atoms with Crippen LogP contribution in [-0.2, 0) is 14.3 Å². The monoisotopic (exact) mass is 475 g/mol. The maximum atomic E-state index is 12.5. The minimum atomic E-state index is -1.15. The van der Waals surface area contributed by atoms with Crippen molar-refractivity contribution >= 4 is 29.4 Å². The molecule has 3 atom stereocenters. The molecule has 12 heteroatoms. The van der Waals surface area contributed by atoms with Crippen molar-refractivity contribution in [1.82, 2.24) is 10.6 Å². The van der Waals surface area contributed by atoms with E-state index < -0.39 is 35.0 Å². The number of nitrogens with two attached hydrogens (primary N) is 1. The lowest BCUT2D eigenvalue weighted by molar-refractivity contribution is -0.384. The zero-order chi connectivity index (χ0) is 25.4. The van der Waals surface area contributed by atoms with E-state index in [-0.39, 0.29) is 41.2 Å². The first-order chi connectivity index (χ1) is 16.0. The first-order valence-corrected chi connectivity index (χ1v) is 10.8. The number of aliphatic carboxylic acids is 1. The molecule has 0 saturated carbocycles. The number of nitro groups is 1. The number of rotatable bonds is 9. The molecule has 0 spiro atoms. The molecule has 2 amide bonds. The van der Waals surface area contributed by atoms with Gasteiger partial charge in [0.2, 0.25) is 5.91 Å². The van der Waals surface area contributed by atoms with Crippen molar-refractivity contribution in [1.29, 1.82) is 0 Å². The van der Waals surface area contributed by atoms with Crippen molar-refractivity contribution in [3.63, 3.8) is 0 Å². The number of aliphatic imine (C=N–C) groups is 1. The van der Waals surface area contributed by atoms with Gasteiger partial charge in [0.05, 0.1) is 29.2 Å². The van der Waals surface area contributed by atoms with Crippen LogP contribution in [0.4, 0.5) is 5.69 Å². The van der Waals surface area contributed by atoms with Gasteiger partial charge in [0.15, 0.2) is 5.96 Å². The number of carbonyl (C=O) groups excluding carboxylic acids is 2. The van der Waals surface area contributed by atoms with Crippen molar-refractivity contribution in [3.05, 3.63) is 51.6 Å². The zero-order valence-electron chi connectivity index (χ0n) is 19.2. The second-order valence-electron chi connectivity index (χ2n) is 7.81. The lowest BCUT2D eigenvalue weighted by atomic mass is 9.88. The molecule has 0 saturated heterocycles. The molecule has 1 aromatic rings. The van der Waals surface area contributed by atoms with Crippen molar-refractivity contribution < 1.29 is 29.2 Å². The molecule has 0 heterocycles. The van der Waals surface area contributed by atoms with E-state index in [1.807, 2.05) is 13.8 Å². The molecular formula is C22H29N5O7. The Hall–Kier alpha value is -3.80. The summed E-state index contributed by atoms with van der Waals surface area (Å²) in [5.74, 6) is -2.45. The molecule has 0 aliphatic heterocycles. The highest BCUT2D eigenvalue weighted by molar-refractivity contribution is 6.05. The van der Waals surface area contributed by atoms with Gasteiger partial charge in [0.25, 0.3) is 11.6 Å². The Morgan fingerprint density at radius 3 is 2.38 bits per heavy atom. The van der Waals surface area contributed by atoms with Crippen LogP contribution >= 0.6 is 0 Å². The highest BCUT2D eigenvalue weighted by Gasteiger charge is 2.37. The predicted octanol–water partition coefficient (Wildman–Crippen LogP) is 1.50. The predicted molar refractivity (Wildman–Crippen MR) is 123 cm³/mol. The average molecular weight is 476 g/mol. The first-order valence-electron chi connectivity index (χ1n) is 10.8. The van der Waals surface area contributed by atoms with Crippen molar-refractivity contribution in [2.45, 2.75) is 64.3 Å². The summed E-state index contributed by atoms with van der Waals surface area (Å²) in [6, 6.07) is 3.37. The number of nitro benzene ring substituents is 1. The van der Waals surface area contributed by atoms with Crippen molar-refractivity contribution in [2.24, 2.45) is 10.7 Å². The number of guanidine groups is 1. The highest BCUT2D eigenvalue weighted by Crippen LogP contribution is 2.26. The van der Waals surface area contributed by atoms with Crippen LogP contribution in [0.5, 0.6) is 0 Å². The molecule has 5 N–H and O–H groups in total. The Kier molecular flexibility index (Phi) is 9.25. The number of amides is 2. The third-order valence-electron chi connectivity index (χ3n) is 5.35. The molecule has 0 radical (unpaired) electrons. The minimum absolute atomic E-state index is 0.0445. The first kappa shape index (κ1) is 26.5. The smallest absolute Gasteiger partial charge is 0.331 e. The number of nitrogens with zero attached hydrogens (tertiary/aromatic N) is 2. The number of non-ortho nitro benzene ring substituents is 1. The van der Waals surface area contributed by atoms with Crippen LogP contribution in [-0.4, -0.2) is 58.1 Å². The molecular weight excluding hydrogens is 446 g/mol. The van der Waals surface area contributed by atoms with E-state index in [1.54, 1.807) is 0 Å². The van der Waals surface area contributed by atoms with Gasteiger partial charge in [-0.05, 0) is 31.1 Å². The summed E-state index contributed by atoms with van der Waals surface area (Å²) in [6.45, 7) is 5.20. The van der Waals surface area contributed by atoms with Crippen molar-refractivity contribution in [3.8, 4) is 0 Å². The maximum absolute atomic E-state index is 12.5. The number of nitrogens with one attached hydrogen (secondary N) is 2. The van der Waals surface area contributed by atoms with E-state index in [9.17, 15) is 29.6 Å². The van der Waals surface area contributed by atoms with E-state index >= 15 is 0 Å². The molecule has 0 aromatic heterocycles. The van der Waals surface area contributed by atoms with Crippen LogP contribution in [0.1, 0.15) is 50.4 Å². The molecule has 184 valence electrons. The van der Waals surface area contributed by atoms with Crippen molar-refractivity contribution in [2.75, 3.05) is 0 Å². The van der Waals surface area contributed by atoms with Gasteiger partial charge in [0, 0.05) is 36.6 Å². The normalized spacial score (nSPS) is 20.4. The standard InChI is InChI=1S/C22H29N5O7/c1-4-16(5-2)34-18-11-14(21(30)31)10-17(19(18)24-12(3)28)25-22(23)26-20(29)13-6-8-15(9-7-13)27(32)33/h6-9,11,16-19H,4-5,10H2,1-3H3,(H,24,28)(H,30,31)(H3,23,25,26,29)/t17-,18+,19+/m0/s1. The van der Waals surface area contributed by atoms with Gasteiger partial charge in [-0.1, -0.05) is 13.8 Å².